The molecule has 1 aliphatic heterocycles. The fraction of sp³-hybridized carbons (Fsp3) is 0.611. The van der Waals surface area contributed by atoms with E-state index in [2.05, 4.69) is 14.9 Å². The molecule has 0 unspecified atom stereocenters. The Morgan fingerprint density at radius 3 is 2.33 bits per heavy atom. The zero-order chi connectivity index (χ0) is 20.2. The molecule has 1 atom stereocenters. The normalized spacial score (nSPS) is 17.2. The molecule has 9 nitrogen and oxygen atoms in total. The number of piperidine rings is 1. The summed E-state index contributed by atoms with van der Waals surface area (Å²) in [5.74, 6) is -1.37. The van der Waals surface area contributed by atoms with Crippen LogP contribution in [0.15, 0.2) is 6.07 Å². The van der Waals surface area contributed by atoms with E-state index in [1.165, 1.54) is 20.3 Å². The number of carbonyl (C=O) groups excluding carboxylic acids is 3. The van der Waals surface area contributed by atoms with Crippen molar-refractivity contribution in [1.82, 2.24) is 15.1 Å². The van der Waals surface area contributed by atoms with Crippen LogP contribution in [-0.2, 0) is 14.2 Å². The Kier molecular flexibility index (Phi) is 6.35. The second kappa shape index (κ2) is 8.32. The van der Waals surface area contributed by atoms with Crippen LogP contribution in [0.25, 0.3) is 0 Å². The van der Waals surface area contributed by atoms with Gasteiger partial charge in [0.2, 0.25) is 0 Å². The lowest BCUT2D eigenvalue weighted by atomic mass is 9.94. The van der Waals surface area contributed by atoms with E-state index in [0.717, 1.165) is 12.8 Å². The van der Waals surface area contributed by atoms with Crippen molar-refractivity contribution in [3.8, 4) is 0 Å². The molecule has 9 heteroatoms. The number of ether oxygens (including phenoxy) is 3. The van der Waals surface area contributed by atoms with E-state index in [-0.39, 0.29) is 11.4 Å². The molecule has 1 fully saturated rings. The Morgan fingerprint density at radius 1 is 1.07 bits per heavy atom. The molecule has 2 rings (SSSR count). The molecular weight excluding hydrogens is 354 g/mol. The van der Waals surface area contributed by atoms with E-state index >= 15 is 0 Å². The molecule has 1 saturated heterocycles. The van der Waals surface area contributed by atoms with Gasteiger partial charge in [-0.15, -0.1) is 10.2 Å². The molecule has 0 radical (unpaired) electrons. The van der Waals surface area contributed by atoms with E-state index in [9.17, 15) is 14.4 Å². The highest BCUT2D eigenvalue weighted by atomic mass is 16.6. The minimum Gasteiger partial charge on any atom is -0.464 e. The van der Waals surface area contributed by atoms with Crippen LogP contribution in [-0.4, -0.2) is 59.5 Å². The second-order valence-corrected chi connectivity index (χ2v) is 7.20. The Bertz CT molecular complexity index is 728. The lowest BCUT2D eigenvalue weighted by Gasteiger charge is -2.37. The van der Waals surface area contributed by atoms with Crippen molar-refractivity contribution in [1.29, 1.82) is 0 Å². The minimum atomic E-state index is -0.691. The summed E-state index contributed by atoms with van der Waals surface area (Å²) in [6, 6.07) is 0.944. The van der Waals surface area contributed by atoms with Gasteiger partial charge in [-0.1, -0.05) is 0 Å². The second-order valence-electron chi connectivity index (χ2n) is 7.20. The number of hydrogen-bond donors (Lipinski definition) is 0. The average molecular weight is 379 g/mol. The van der Waals surface area contributed by atoms with E-state index in [1.807, 2.05) is 0 Å². The van der Waals surface area contributed by atoms with Gasteiger partial charge in [-0.2, -0.15) is 0 Å². The van der Waals surface area contributed by atoms with Crippen LogP contribution < -0.4 is 0 Å². The van der Waals surface area contributed by atoms with Gasteiger partial charge in [-0.05, 0) is 46.1 Å². The lowest BCUT2D eigenvalue weighted by Crippen LogP contribution is -2.42. The third-order valence-corrected chi connectivity index (χ3v) is 4.09. The maximum Gasteiger partial charge on any atom is 0.410 e. The first-order valence-electron chi connectivity index (χ1n) is 8.71. The largest absolute Gasteiger partial charge is 0.464 e. The average Bonchev–Trinajstić information content (AvgIpc) is 2.64. The summed E-state index contributed by atoms with van der Waals surface area (Å²) in [7, 11) is 2.46. The Balaban J connectivity index is 2.48. The Labute approximate surface area is 158 Å². The van der Waals surface area contributed by atoms with E-state index in [1.54, 1.807) is 25.7 Å². The highest BCUT2D eigenvalue weighted by Crippen LogP contribution is 2.34. The van der Waals surface area contributed by atoms with Crippen molar-refractivity contribution < 1.29 is 28.6 Å². The fourth-order valence-corrected chi connectivity index (χ4v) is 2.91. The number of carbonyl (C=O) groups is 3. The third-order valence-electron chi connectivity index (χ3n) is 4.09. The van der Waals surface area contributed by atoms with Gasteiger partial charge in [0.1, 0.15) is 5.60 Å². The van der Waals surface area contributed by atoms with Crippen LogP contribution in [0.1, 0.15) is 72.6 Å². The fourth-order valence-electron chi connectivity index (χ4n) is 2.91. The van der Waals surface area contributed by atoms with Crippen LogP contribution in [0.2, 0.25) is 0 Å². The Morgan fingerprint density at radius 2 is 1.74 bits per heavy atom. The van der Waals surface area contributed by atoms with Crippen LogP contribution in [0.5, 0.6) is 0 Å². The van der Waals surface area contributed by atoms with Crippen LogP contribution in [0.4, 0.5) is 4.79 Å². The van der Waals surface area contributed by atoms with E-state index < -0.39 is 29.7 Å². The predicted molar refractivity (Wildman–Crippen MR) is 94.2 cm³/mol. The molecule has 0 spiro atoms. The summed E-state index contributed by atoms with van der Waals surface area (Å²) in [6.45, 7) is 5.82. The maximum atomic E-state index is 12.7. The molecule has 27 heavy (non-hydrogen) atoms. The van der Waals surface area contributed by atoms with E-state index in [4.69, 9.17) is 9.47 Å². The van der Waals surface area contributed by atoms with Crippen molar-refractivity contribution in [2.45, 2.75) is 51.7 Å². The first-order valence-corrected chi connectivity index (χ1v) is 8.71. The molecule has 0 bridgehead atoms. The molecule has 1 amide bonds. The highest BCUT2D eigenvalue weighted by Gasteiger charge is 2.35. The monoisotopic (exact) mass is 379 g/mol. The molecule has 1 aromatic heterocycles. The van der Waals surface area contributed by atoms with Crippen LogP contribution in [0.3, 0.4) is 0 Å². The third kappa shape index (κ3) is 4.93. The number of amides is 1. The summed E-state index contributed by atoms with van der Waals surface area (Å²) >= 11 is 0. The summed E-state index contributed by atoms with van der Waals surface area (Å²) in [4.78, 5) is 38.3. The van der Waals surface area contributed by atoms with Gasteiger partial charge in [0, 0.05) is 12.1 Å². The standard InChI is InChI=1S/C18H25N3O6/c1-18(2,3)27-17(24)21-9-7-6-8-13(21)11-10-12(15(22)25-4)19-20-14(11)16(23)26-5/h10,13H,6-9H2,1-5H3/t13-/m0/s1. The molecular formula is C18H25N3O6. The summed E-state index contributed by atoms with van der Waals surface area (Å²) < 4.78 is 15.0. The van der Waals surface area contributed by atoms with Crippen molar-refractivity contribution in [3.05, 3.63) is 23.0 Å². The number of likely N-dealkylation sites (tertiary alicyclic amines) is 1. The molecule has 1 aliphatic rings. The zero-order valence-electron chi connectivity index (χ0n) is 16.3. The van der Waals surface area contributed by atoms with Gasteiger partial charge in [0.25, 0.3) is 0 Å². The number of nitrogens with zero attached hydrogens (tertiary/aromatic N) is 3. The van der Waals surface area contributed by atoms with Gasteiger partial charge >= 0.3 is 18.0 Å². The van der Waals surface area contributed by atoms with Gasteiger partial charge < -0.3 is 19.1 Å². The van der Waals surface area contributed by atoms with Gasteiger partial charge in [0.05, 0.1) is 20.3 Å². The summed E-state index contributed by atoms with van der Waals surface area (Å²) in [5, 5.41) is 7.60. The zero-order valence-corrected chi connectivity index (χ0v) is 16.3. The number of methoxy groups -OCH3 is 2. The summed E-state index contributed by atoms with van der Waals surface area (Å²) in [5.41, 5.74) is -0.346. The molecule has 0 N–H and O–H groups in total. The van der Waals surface area contributed by atoms with E-state index in [0.29, 0.717) is 18.5 Å². The van der Waals surface area contributed by atoms with Gasteiger partial charge in [0.15, 0.2) is 11.4 Å². The highest BCUT2D eigenvalue weighted by molar-refractivity contribution is 5.91. The number of aromatic nitrogens is 2. The first kappa shape index (κ1) is 20.6. The maximum absolute atomic E-state index is 12.7. The molecule has 2 heterocycles. The van der Waals surface area contributed by atoms with Crippen molar-refractivity contribution >= 4 is 18.0 Å². The number of hydrogen-bond acceptors (Lipinski definition) is 8. The molecule has 148 valence electrons. The minimum absolute atomic E-state index is 0.0365. The number of esters is 2. The summed E-state index contributed by atoms with van der Waals surface area (Å²) in [6.07, 6.45) is 1.77. The molecule has 1 aromatic rings. The quantitative estimate of drug-likeness (QED) is 0.582. The molecule has 0 aromatic carbocycles. The van der Waals surface area contributed by atoms with Crippen LogP contribution >= 0.6 is 0 Å². The van der Waals surface area contributed by atoms with Gasteiger partial charge in [-0.3, -0.25) is 0 Å². The van der Waals surface area contributed by atoms with Crippen LogP contribution in [0, 0.1) is 0 Å². The van der Waals surface area contributed by atoms with Crippen molar-refractivity contribution in [3.63, 3.8) is 0 Å². The number of rotatable bonds is 3. The topological polar surface area (TPSA) is 108 Å². The predicted octanol–water partition coefficient (Wildman–Crippen LogP) is 2.51. The molecule has 0 saturated carbocycles. The van der Waals surface area contributed by atoms with Crippen molar-refractivity contribution in [2.24, 2.45) is 0 Å². The Hall–Kier alpha value is -2.71. The first-order chi connectivity index (χ1) is 12.7. The lowest BCUT2D eigenvalue weighted by molar-refractivity contribution is 0.00907. The van der Waals surface area contributed by atoms with Gasteiger partial charge in [-0.25, -0.2) is 14.4 Å². The smallest absolute Gasteiger partial charge is 0.410 e. The van der Waals surface area contributed by atoms with Crippen molar-refractivity contribution in [2.75, 3.05) is 20.8 Å². The molecule has 0 aliphatic carbocycles. The SMILES string of the molecule is COC(=O)c1cc([C@@H]2CCCCN2C(=O)OC(C)(C)C)c(C(=O)OC)nn1.